The van der Waals surface area contributed by atoms with Crippen LogP contribution in [-0.2, 0) is 6.54 Å². The molecule has 4 nitrogen and oxygen atoms in total. The molecular formula is C16H26N2O2. The highest BCUT2D eigenvalue weighted by Crippen LogP contribution is 2.31. The standard InChI is InChI=1S/C16H26N2O2/c1-12-5-4-6-16(19,9-12)11-17-10-14-8-15(20-3)7-13(2)18-14/h7-8,12,17,19H,4-6,9-11H2,1-3H3. The van der Waals surface area contributed by atoms with Crippen LogP contribution in [0.2, 0.25) is 0 Å². The van der Waals surface area contributed by atoms with Crippen molar-refractivity contribution in [3.63, 3.8) is 0 Å². The maximum Gasteiger partial charge on any atom is 0.122 e. The predicted octanol–water partition coefficient (Wildman–Crippen LogP) is 2.43. The van der Waals surface area contributed by atoms with Gasteiger partial charge in [0.25, 0.3) is 0 Å². The number of aryl methyl sites for hydroxylation is 1. The second-order valence-electron chi connectivity index (χ2n) is 6.17. The Bertz CT molecular complexity index is 450. The van der Waals surface area contributed by atoms with E-state index in [4.69, 9.17) is 4.74 Å². The molecule has 1 fully saturated rings. The monoisotopic (exact) mass is 278 g/mol. The smallest absolute Gasteiger partial charge is 0.122 e. The molecule has 0 aromatic carbocycles. The van der Waals surface area contributed by atoms with Crippen molar-refractivity contribution < 1.29 is 9.84 Å². The summed E-state index contributed by atoms with van der Waals surface area (Å²) in [7, 11) is 1.66. The number of nitrogens with one attached hydrogen (secondary N) is 1. The summed E-state index contributed by atoms with van der Waals surface area (Å²) in [5.41, 5.74) is 1.35. The van der Waals surface area contributed by atoms with Gasteiger partial charge in [-0.1, -0.05) is 19.8 Å². The van der Waals surface area contributed by atoms with Gasteiger partial charge in [0, 0.05) is 30.9 Å². The van der Waals surface area contributed by atoms with Gasteiger partial charge in [-0.2, -0.15) is 0 Å². The van der Waals surface area contributed by atoms with E-state index in [0.717, 1.165) is 36.4 Å². The lowest BCUT2D eigenvalue weighted by Crippen LogP contribution is -2.43. The lowest BCUT2D eigenvalue weighted by atomic mass is 9.79. The quantitative estimate of drug-likeness (QED) is 0.868. The summed E-state index contributed by atoms with van der Waals surface area (Å²) in [4.78, 5) is 4.48. The summed E-state index contributed by atoms with van der Waals surface area (Å²) in [5, 5.41) is 13.9. The summed E-state index contributed by atoms with van der Waals surface area (Å²) in [6, 6.07) is 3.85. The van der Waals surface area contributed by atoms with Crippen molar-refractivity contribution in [3.8, 4) is 5.75 Å². The van der Waals surface area contributed by atoms with E-state index in [-0.39, 0.29) is 0 Å². The summed E-state index contributed by atoms with van der Waals surface area (Å²) >= 11 is 0. The van der Waals surface area contributed by atoms with Gasteiger partial charge in [-0.3, -0.25) is 4.98 Å². The molecule has 20 heavy (non-hydrogen) atoms. The fourth-order valence-electron chi connectivity index (χ4n) is 3.13. The molecule has 1 saturated carbocycles. The Labute approximate surface area is 121 Å². The van der Waals surface area contributed by atoms with Gasteiger partial charge >= 0.3 is 0 Å². The SMILES string of the molecule is COc1cc(C)nc(CNCC2(O)CCCC(C)C2)c1. The number of methoxy groups -OCH3 is 1. The highest BCUT2D eigenvalue weighted by molar-refractivity contribution is 5.26. The maximum atomic E-state index is 10.6. The Balaban J connectivity index is 1.87. The van der Waals surface area contributed by atoms with Crippen molar-refractivity contribution >= 4 is 0 Å². The first kappa shape index (κ1) is 15.3. The number of aromatic nitrogens is 1. The van der Waals surface area contributed by atoms with Crippen molar-refractivity contribution in [2.45, 2.75) is 51.7 Å². The third-order valence-electron chi connectivity index (χ3n) is 4.04. The molecule has 0 amide bonds. The summed E-state index contributed by atoms with van der Waals surface area (Å²) in [6.07, 6.45) is 4.15. The number of ether oxygens (including phenoxy) is 1. The number of nitrogens with zero attached hydrogens (tertiary/aromatic N) is 1. The Morgan fingerprint density at radius 1 is 1.50 bits per heavy atom. The molecule has 112 valence electrons. The molecule has 2 atom stereocenters. The average molecular weight is 278 g/mol. The molecule has 2 N–H and O–H groups in total. The number of pyridine rings is 1. The predicted molar refractivity (Wildman–Crippen MR) is 79.8 cm³/mol. The lowest BCUT2D eigenvalue weighted by Gasteiger charge is -2.35. The highest BCUT2D eigenvalue weighted by atomic mass is 16.5. The van der Waals surface area contributed by atoms with E-state index in [1.54, 1.807) is 7.11 Å². The van der Waals surface area contributed by atoms with Crippen LogP contribution in [0.3, 0.4) is 0 Å². The molecule has 0 radical (unpaired) electrons. The van der Waals surface area contributed by atoms with Crippen LogP contribution in [0.25, 0.3) is 0 Å². The van der Waals surface area contributed by atoms with Crippen LogP contribution in [0.1, 0.15) is 44.0 Å². The minimum absolute atomic E-state index is 0.550. The average Bonchev–Trinajstić information content (AvgIpc) is 2.37. The Morgan fingerprint density at radius 3 is 3.00 bits per heavy atom. The van der Waals surface area contributed by atoms with Crippen LogP contribution >= 0.6 is 0 Å². The zero-order valence-electron chi connectivity index (χ0n) is 12.8. The number of hydrogen-bond donors (Lipinski definition) is 2. The summed E-state index contributed by atoms with van der Waals surface area (Å²) in [5.74, 6) is 1.45. The van der Waals surface area contributed by atoms with E-state index in [1.807, 2.05) is 19.1 Å². The number of hydrogen-bond acceptors (Lipinski definition) is 4. The minimum Gasteiger partial charge on any atom is -0.497 e. The molecule has 1 aromatic heterocycles. The Hall–Kier alpha value is -1.13. The first-order chi connectivity index (χ1) is 9.50. The molecule has 4 heteroatoms. The molecule has 2 unspecified atom stereocenters. The molecule has 1 aliphatic carbocycles. The maximum absolute atomic E-state index is 10.6. The van der Waals surface area contributed by atoms with Gasteiger partial charge in [-0.25, -0.2) is 0 Å². The van der Waals surface area contributed by atoms with Crippen LogP contribution in [0.5, 0.6) is 5.75 Å². The normalized spacial score (nSPS) is 26.5. The molecule has 0 bridgehead atoms. The zero-order valence-corrected chi connectivity index (χ0v) is 12.8. The Morgan fingerprint density at radius 2 is 2.30 bits per heavy atom. The molecule has 1 heterocycles. The van der Waals surface area contributed by atoms with Crippen molar-refractivity contribution in [3.05, 3.63) is 23.5 Å². The van der Waals surface area contributed by atoms with Crippen LogP contribution in [0, 0.1) is 12.8 Å². The third kappa shape index (κ3) is 4.18. The van der Waals surface area contributed by atoms with Gasteiger partial charge < -0.3 is 15.2 Å². The first-order valence-corrected chi connectivity index (χ1v) is 7.45. The van der Waals surface area contributed by atoms with Crippen molar-refractivity contribution in [2.24, 2.45) is 5.92 Å². The second-order valence-corrected chi connectivity index (χ2v) is 6.17. The molecule has 0 saturated heterocycles. The van der Waals surface area contributed by atoms with E-state index in [0.29, 0.717) is 19.0 Å². The molecular weight excluding hydrogens is 252 g/mol. The topological polar surface area (TPSA) is 54.4 Å². The molecule has 0 spiro atoms. The fourth-order valence-corrected chi connectivity index (χ4v) is 3.13. The largest absolute Gasteiger partial charge is 0.497 e. The molecule has 1 aliphatic rings. The minimum atomic E-state index is -0.550. The van der Waals surface area contributed by atoms with Crippen LogP contribution in [-0.4, -0.2) is 29.3 Å². The third-order valence-corrected chi connectivity index (χ3v) is 4.04. The van der Waals surface area contributed by atoms with Crippen molar-refractivity contribution in [1.29, 1.82) is 0 Å². The zero-order chi connectivity index (χ0) is 14.6. The van der Waals surface area contributed by atoms with Crippen molar-refractivity contribution in [2.75, 3.05) is 13.7 Å². The second kappa shape index (κ2) is 6.55. The molecule has 0 aliphatic heterocycles. The van der Waals surface area contributed by atoms with Gasteiger partial charge in [0.1, 0.15) is 5.75 Å². The van der Waals surface area contributed by atoms with Gasteiger partial charge in [0.05, 0.1) is 18.4 Å². The molecule has 2 rings (SSSR count). The highest BCUT2D eigenvalue weighted by Gasteiger charge is 2.31. The van der Waals surface area contributed by atoms with E-state index in [9.17, 15) is 5.11 Å². The van der Waals surface area contributed by atoms with Gasteiger partial charge in [0.2, 0.25) is 0 Å². The van der Waals surface area contributed by atoms with Gasteiger partial charge in [-0.05, 0) is 25.7 Å². The van der Waals surface area contributed by atoms with Gasteiger partial charge in [-0.15, -0.1) is 0 Å². The summed E-state index contributed by atoms with van der Waals surface area (Å²) in [6.45, 7) is 5.48. The van der Waals surface area contributed by atoms with E-state index < -0.39 is 5.60 Å². The lowest BCUT2D eigenvalue weighted by molar-refractivity contribution is -0.0119. The van der Waals surface area contributed by atoms with Crippen molar-refractivity contribution in [1.82, 2.24) is 10.3 Å². The fraction of sp³-hybridized carbons (Fsp3) is 0.688. The number of aliphatic hydroxyl groups is 1. The Kier molecular flexibility index (Phi) is 5.00. The number of rotatable bonds is 5. The van der Waals surface area contributed by atoms with E-state index in [1.165, 1.54) is 6.42 Å². The summed E-state index contributed by atoms with van der Waals surface area (Å²) < 4.78 is 5.25. The van der Waals surface area contributed by atoms with Crippen LogP contribution < -0.4 is 10.1 Å². The first-order valence-electron chi connectivity index (χ1n) is 7.45. The van der Waals surface area contributed by atoms with E-state index >= 15 is 0 Å². The van der Waals surface area contributed by atoms with Crippen LogP contribution in [0.15, 0.2) is 12.1 Å². The van der Waals surface area contributed by atoms with Gasteiger partial charge in [0.15, 0.2) is 0 Å². The van der Waals surface area contributed by atoms with Crippen LogP contribution in [0.4, 0.5) is 0 Å². The van der Waals surface area contributed by atoms with E-state index in [2.05, 4.69) is 17.2 Å². The molecule has 1 aromatic rings.